The Morgan fingerprint density at radius 1 is 1.27 bits per heavy atom. The molecule has 9 heteroatoms. The standard InChI is InChI=1S/C21H23ClFN5O2/c22-16-4-1-2-5-17(16)25-21(30)18-12-24-19-14-27(10-11-28(18)19)20(29)6-3-8-26-9-7-15(23)13-26/h1-6,12,15H,7-11,13-14H2,(H,25,30)/b6-3+/t15-/m1/s1. The number of likely N-dealkylation sites (tertiary alicyclic amines) is 1. The number of amides is 2. The van der Waals surface area contributed by atoms with E-state index >= 15 is 0 Å². The highest BCUT2D eigenvalue weighted by atomic mass is 35.5. The molecule has 0 saturated carbocycles. The quantitative estimate of drug-likeness (QED) is 0.739. The molecule has 4 rings (SSSR count). The summed E-state index contributed by atoms with van der Waals surface area (Å²) in [4.78, 5) is 33.1. The van der Waals surface area contributed by atoms with Crippen LogP contribution in [0.25, 0.3) is 0 Å². The maximum Gasteiger partial charge on any atom is 0.273 e. The van der Waals surface area contributed by atoms with Crippen LogP contribution in [-0.2, 0) is 17.9 Å². The van der Waals surface area contributed by atoms with Crippen molar-refractivity contribution in [3.05, 3.63) is 59.2 Å². The van der Waals surface area contributed by atoms with Gasteiger partial charge in [-0.05, 0) is 18.6 Å². The summed E-state index contributed by atoms with van der Waals surface area (Å²) in [6.45, 7) is 3.02. The molecule has 1 fully saturated rings. The molecule has 7 nitrogen and oxygen atoms in total. The van der Waals surface area contributed by atoms with E-state index in [9.17, 15) is 14.0 Å². The van der Waals surface area contributed by atoms with Crippen LogP contribution < -0.4 is 5.32 Å². The van der Waals surface area contributed by atoms with Crippen molar-refractivity contribution in [2.45, 2.75) is 25.7 Å². The maximum absolute atomic E-state index is 13.2. The Balaban J connectivity index is 1.36. The fourth-order valence-corrected chi connectivity index (χ4v) is 3.92. The molecule has 2 aliphatic heterocycles. The maximum atomic E-state index is 13.2. The minimum atomic E-state index is -0.764. The number of hydrogen-bond acceptors (Lipinski definition) is 4. The van der Waals surface area contributed by atoms with Crippen LogP contribution in [0.2, 0.25) is 5.02 Å². The smallest absolute Gasteiger partial charge is 0.273 e. The number of imidazole rings is 1. The average molecular weight is 432 g/mol. The minimum Gasteiger partial charge on any atom is -0.330 e. The lowest BCUT2D eigenvalue weighted by Gasteiger charge is -2.27. The van der Waals surface area contributed by atoms with E-state index in [2.05, 4.69) is 10.3 Å². The number of benzene rings is 1. The number of carbonyl (C=O) groups excluding carboxylic acids is 2. The Bertz CT molecular complexity index is 976. The third-order valence-corrected chi connectivity index (χ3v) is 5.70. The number of rotatable bonds is 5. The summed E-state index contributed by atoms with van der Waals surface area (Å²) in [6.07, 6.45) is 4.63. The summed E-state index contributed by atoms with van der Waals surface area (Å²) in [6, 6.07) is 7.03. The van der Waals surface area contributed by atoms with Crippen molar-refractivity contribution < 1.29 is 14.0 Å². The van der Waals surface area contributed by atoms with Crippen LogP contribution in [0, 0.1) is 0 Å². The van der Waals surface area contributed by atoms with Crippen LogP contribution in [-0.4, -0.2) is 63.5 Å². The van der Waals surface area contributed by atoms with Crippen molar-refractivity contribution in [1.82, 2.24) is 19.4 Å². The predicted molar refractivity (Wildman–Crippen MR) is 112 cm³/mol. The summed E-state index contributed by atoms with van der Waals surface area (Å²) in [5, 5.41) is 3.26. The van der Waals surface area contributed by atoms with Gasteiger partial charge in [-0.25, -0.2) is 9.37 Å². The monoisotopic (exact) mass is 431 g/mol. The number of anilines is 1. The second-order valence-electron chi connectivity index (χ2n) is 7.45. The first-order chi connectivity index (χ1) is 14.5. The summed E-state index contributed by atoms with van der Waals surface area (Å²) in [7, 11) is 0. The zero-order valence-corrected chi connectivity index (χ0v) is 17.2. The van der Waals surface area contributed by atoms with E-state index in [1.54, 1.807) is 35.2 Å². The molecule has 3 heterocycles. The van der Waals surface area contributed by atoms with Gasteiger partial charge in [-0.15, -0.1) is 0 Å². The van der Waals surface area contributed by atoms with Crippen molar-refractivity contribution in [3.63, 3.8) is 0 Å². The SMILES string of the molecule is O=C(Nc1ccccc1Cl)c1cnc2n1CCN(C(=O)/C=C/CN1CC[C@@H](F)C1)C2. The van der Waals surface area contributed by atoms with Gasteiger partial charge < -0.3 is 14.8 Å². The second-order valence-corrected chi connectivity index (χ2v) is 7.86. The lowest BCUT2D eigenvalue weighted by molar-refractivity contribution is -0.127. The van der Waals surface area contributed by atoms with Gasteiger partial charge >= 0.3 is 0 Å². The predicted octanol–water partition coefficient (Wildman–Crippen LogP) is 2.73. The van der Waals surface area contributed by atoms with Crippen LogP contribution in [0.15, 0.2) is 42.6 Å². The molecule has 2 aliphatic rings. The number of alkyl halides is 1. The third kappa shape index (κ3) is 4.55. The van der Waals surface area contributed by atoms with Gasteiger partial charge in [0.2, 0.25) is 5.91 Å². The Labute approximate surface area is 179 Å². The van der Waals surface area contributed by atoms with Crippen molar-refractivity contribution in [2.24, 2.45) is 0 Å². The van der Waals surface area contributed by atoms with Crippen LogP contribution in [0.3, 0.4) is 0 Å². The van der Waals surface area contributed by atoms with Crippen molar-refractivity contribution >= 4 is 29.1 Å². The Kier molecular flexibility index (Phi) is 6.15. The molecule has 0 aliphatic carbocycles. The number of para-hydroxylation sites is 1. The fraction of sp³-hybridized carbons (Fsp3) is 0.381. The first-order valence-corrected chi connectivity index (χ1v) is 10.3. The van der Waals surface area contributed by atoms with Gasteiger partial charge in [0.05, 0.1) is 23.5 Å². The lowest BCUT2D eigenvalue weighted by Crippen LogP contribution is -2.38. The molecule has 2 amide bonds. The van der Waals surface area contributed by atoms with Gasteiger partial charge in [0.25, 0.3) is 5.91 Å². The fourth-order valence-electron chi connectivity index (χ4n) is 3.74. The van der Waals surface area contributed by atoms with Gasteiger partial charge in [0, 0.05) is 38.8 Å². The van der Waals surface area contributed by atoms with Crippen LogP contribution in [0.4, 0.5) is 10.1 Å². The molecule has 1 aromatic heterocycles. The van der Waals surface area contributed by atoms with Gasteiger partial charge in [0.1, 0.15) is 17.7 Å². The Morgan fingerprint density at radius 2 is 2.10 bits per heavy atom. The van der Waals surface area contributed by atoms with Gasteiger partial charge in [-0.3, -0.25) is 14.5 Å². The van der Waals surface area contributed by atoms with E-state index in [-0.39, 0.29) is 11.8 Å². The number of aromatic nitrogens is 2. The first-order valence-electron chi connectivity index (χ1n) is 9.93. The van der Waals surface area contributed by atoms with E-state index in [4.69, 9.17) is 11.6 Å². The molecule has 30 heavy (non-hydrogen) atoms. The summed E-state index contributed by atoms with van der Waals surface area (Å²) in [5.74, 6) is 0.257. The van der Waals surface area contributed by atoms with Crippen LogP contribution >= 0.6 is 11.6 Å². The molecule has 0 bridgehead atoms. The zero-order chi connectivity index (χ0) is 21.1. The lowest BCUT2D eigenvalue weighted by atomic mass is 10.3. The van der Waals surface area contributed by atoms with Crippen LogP contribution in [0.1, 0.15) is 22.7 Å². The normalized spacial score (nSPS) is 19.3. The topological polar surface area (TPSA) is 70.5 Å². The highest BCUT2D eigenvalue weighted by Crippen LogP contribution is 2.22. The van der Waals surface area contributed by atoms with E-state index in [1.165, 1.54) is 12.3 Å². The third-order valence-electron chi connectivity index (χ3n) is 5.37. The molecular formula is C21H23ClFN5O2. The number of halogens is 2. The number of hydrogen-bond donors (Lipinski definition) is 1. The van der Waals surface area contributed by atoms with E-state index in [0.29, 0.717) is 61.4 Å². The zero-order valence-electron chi connectivity index (χ0n) is 16.4. The van der Waals surface area contributed by atoms with Crippen LogP contribution in [0.5, 0.6) is 0 Å². The largest absolute Gasteiger partial charge is 0.330 e. The van der Waals surface area contributed by atoms with Crippen molar-refractivity contribution in [2.75, 3.05) is 31.5 Å². The highest BCUT2D eigenvalue weighted by molar-refractivity contribution is 6.33. The molecule has 1 atom stereocenters. The van der Waals surface area contributed by atoms with Gasteiger partial charge in [0.15, 0.2) is 0 Å². The van der Waals surface area contributed by atoms with Gasteiger partial charge in [-0.1, -0.05) is 29.8 Å². The summed E-state index contributed by atoms with van der Waals surface area (Å²) < 4.78 is 15.0. The van der Waals surface area contributed by atoms with E-state index < -0.39 is 6.17 Å². The average Bonchev–Trinajstić information content (AvgIpc) is 3.35. The molecule has 2 aromatic rings. The summed E-state index contributed by atoms with van der Waals surface area (Å²) in [5.41, 5.74) is 0.969. The molecule has 158 valence electrons. The minimum absolute atomic E-state index is 0.109. The molecule has 1 saturated heterocycles. The van der Waals surface area contributed by atoms with Crippen molar-refractivity contribution in [3.8, 4) is 0 Å². The molecule has 0 unspecified atom stereocenters. The molecule has 1 N–H and O–H groups in total. The van der Waals surface area contributed by atoms with E-state index in [0.717, 1.165) is 6.54 Å². The Morgan fingerprint density at radius 3 is 2.87 bits per heavy atom. The van der Waals surface area contributed by atoms with E-state index in [1.807, 2.05) is 9.47 Å². The highest BCUT2D eigenvalue weighted by Gasteiger charge is 2.25. The number of nitrogens with one attached hydrogen (secondary N) is 1. The Hall–Kier alpha value is -2.71. The molecule has 0 radical (unpaired) electrons. The van der Waals surface area contributed by atoms with Crippen molar-refractivity contribution in [1.29, 1.82) is 0 Å². The second kappa shape index (κ2) is 8.97. The molecule has 0 spiro atoms. The number of fused-ring (bicyclic) bond motifs is 1. The molecular weight excluding hydrogens is 409 g/mol. The molecule has 1 aromatic carbocycles. The number of nitrogens with zero attached hydrogens (tertiary/aromatic N) is 4. The first kappa shape index (κ1) is 20.6. The summed E-state index contributed by atoms with van der Waals surface area (Å²) >= 11 is 6.11. The number of carbonyl (C=O) groups is 2. The van der Waals surface area contributed by atoms with Gasteiger partial charge in [-0.2, -0.15) is 0 Å².